The first kappa shape index (κ1) is 12.2. The highest BCUT2D eigenvalue weighted by molar-refractivity contribution is 5.40. The van der Waals surface area contributed by atoms with E-state index in [-0.39, 0.29) is 11.4 Å². The predicted molar refractivity (Wildman–Crippen MR) is 68.4 cm³/mol. The summed E-state index contributed by atoms with van der Waals surface area (Å²) < 4.78 is 1.10. The smallest absolute Gasteiger partial charge is 0.335 e. The molecule has 1 heterocycles. The highest BCUT2D eigenvalue weighted by atomic mass is 16.3. The number of nitrogens with zero attached hydrogens (tertiary/aromatic N) is 1. The molecule has 0 radical (unpaired) electrons. The third-order valence-electron chi connectivity index (χ3n) is 2.79. The molecule has 94 valence electrons. The molecule has 0 atom stereocenters. The van der Waals surface area contributed by atoms with Crippen molar-refractivity contribution in [2.45, 2.75) is 20.3 Å². The van der Waals surface area contributed by atoms with Crippen LogP contribution in [0, 0.1) is 6.92 Å². The van der Waals surface area contributed by atoms with Gasteiger partial charge in [-0.15, -0.1) is 0 Å². The first-order chi connectivity index (χ1) is 8.54. The molecular weight excluding hydrogens is 232 g/mol. The molecular formula is C13H14N2O3. The molecule has 2 N–H and O–H groups in total. The van der Waals surface area contributed by atoms with Gasteiger partial charge in [-0.2, -0.15) is 0 Å². The van der Waals surface area contributed by atoms with Crippen LogP contribution in [0.4, 0.5) is 0 Å². The van der Waals surface area contributed by atoms with Crippen molar-refractivity contribution < 1.29 is 5.11 Å². The van der Waals surface area contributed by atoms with Crippen molar-refractivity contribution in [3.05, 3.63) is 56.2 Å². The molecule has 0 fully saturated rings. The van der Waals surface area contributed by atoms with Crippen LogP contribution >= 0.6 is 0 Å². The van der Waals surface area contributed by atoms with E-state index in [1.165, 1.54) is 0 Å². The summed E-state index contributed by atoms with van der Waals surface area (Å²) >= 11 is 0. The monoisotopic (exact) mass is 246 g/mol. The third-order valence-corrected chi connectivity index (χ3v) is 2.79. The lowest BCUT2D eigenvalue weighted by Crippen LogP contribution is -2.31. The zero-order valence-corrected chi connectivity index (χ0v) is 10.2. The Morgan fingerprint density at radius 1 is 1.33 bits per heavy atom. The number of nitrogens with one attached hydrogen (secondary N) is 1. The number of aromatic amines is 1. The van der Waals surface area contributed by atoms with Crippen LogP contribution < -0.4 is 11.2 Å². The summed E-state index contributed by atoms with van der Waals surface area (Å²) in [5.41, 5.74) is 0.520. The van der Waals surface area contributed by atoms with Crippen molar-refractivity contribution >= 4 is 0 Å². The number of aryl methyl sites for hydroxylation is 1. The van der Waals surface area contributed by atoms with Crippen LogP contribution in [0.2, 0.25) is 0 Å². The molecule has 0 saturated carbocycles. The minimum atomic E-state index is -0.639. The maximum atomic E-state index is 11.8. The summed E-state index contributed by atoms with van der Waals surface area (Å²) in [6, 6.07) is 7.13. The number of aromatic hydroxyl groups is 1. The van der Waals surface area contributed by atoms with Gasteiger partial charge in [0, 0.05) is 0 Å². The Hall–Kier alpha value is -2.30. The van der Waals surface area contributed by atoms with Crippen LogP contribution in [0.3, 0.4) is 0 Å². The van der Waals surface area contributed by atoms with Gasteiger partial charge in [0.2, 0.25) is 5.88 Å². The molecule has 0 aliphatic rings. The van der Waals surface area contributed by atoms with Crippen LogP contribution in [-0.2, 0) is 6.42 Å². The van der Waals surface area contributed by atoms with Crippen molar-refractivity contribution in [3.63, 3.8) is 0 Å². The van der Waals surface area contributed by atoms with Crippen molar-refractivity contribution in [3.8, 4) is 11.6 Å². The van der Waals surface area contributed by atoms with Gasteiger partial charge < -0.3 is 5.11 Å². The van der Waals surface area contributed by atoms with Gasteiger partial charge in [0.25, 0.3) is 5.56 Å². The average Bonchev–Trinajstić information content (AvgIpc) is 2.28. The molecule has 5 nitrogen and oxygen atoms in total. The fourth-order valence-electron chi connectivity index (χ4n) is 1.89. The molecule has 0 aliphatic heterocycles. The van der Waals surface area contributed by atoms with Crippen molar-refractivity contribution in [2.75, 3.05) is 0 Å². The second kappa shape index (κ2) is 4.52. The van der Waals surface area contributed by atoms with Gasteiger partial charge in [-0.25, -0.2) is 9.36 Å². The lowest BCUT2D eigenvalue weighted by atomic mass is 10.2. The molecule has 0 unspecified atom stereocenters. The van der Waals surface area contributed by atoms with Gasteiger partial charge in [0.15, 0.2) is 0 Å². The molecule has 2 aromatic rings. The molecule has 1 aromatic carbocycles. The summed E-state index contributed by atoms with van der Waals surface area (Å²) in [4.78, 5) is 25.5. The Morgan fingerprint density at radius 2 is 2.06 bits per heavy atom. The standard InChI is InChI=1S/C13H14N2O3/c1-3-10-11(16)14-13(18)15(12(10)17)9-6-4-5-8(2)7-9/h4-7,17H,3H2,1-2H3,(H,14,16,18). The normalized spacial score (nSPS) is 10.6. The second-order valence-electron chi connectivity index (χ2n) is 4.09. The van der Waals surface area contributed by atoms with Gasteiger partial charge in [-0.1, -0.05) is 19.1 Å². The minimum absolute atomic E-state index is 0.205. The summed E-state index contributed by atoms with van der Waals surface area (Å²) in [7, 11) is 0. The Morgan fingerprint density at radius 3 is 2.67 bits per heavy atom. The van der Waals surface area contributed by atoms with Crippen molar-refractivity contribution in [1.29, 1.82) is 0 Å². The number of rotatable bonds is 2. The van der Waals surface area contributed by atoms with E-state index >= 15 is 0 Å². The number of benzene rings is 1. The van der Waals surface area contributed by atoms with E-state index in [2.05, 4.69) is 4.98 Å². The first-order valence-corrected chi connectivity index (χ1v) is 5.68. The Bertz CT molecular complexity index is 698. The fourth-order valence-corrected chi connectivity index (χ4v) is 1.89. The second-order valence-corrected chi connectivity index (χ2v) is 4.09. The average molecular weight is 246 g/mol. The SMILES string of the molecule is CCc1c(O)n(-c2cccc(C)c2)c(=O)[nH]c1=O. The summed E-state index contributed by atoms with van der Waals surface area (Å²) in [5.74, 6) is -0.295. The maximum absolute atomic E-state index is 11.8. The molecule has 5 heteroatoms. The van der Waals surface area contributed by atoms with Crippen molar-refractivity contribution in [1.82, 2.24) is 9.55 Å². The van der Waals surface area contributed by atoms with Gasteiger partial charge >= 0.3 is 5.69 Å². The number of aromatic nitrogens is 2. The highest BCUT2D eigenvalue weighted by Crippen LogP contribution is 2.17. The Kier molecular flexibility index (Phi) is 3.06. The number of hydrogen-bond donors (Lipinski definition) is 2. The van der Waals surface area contributed by atoms with E-state index in [0.29, 0.717) is 12.1 Å². The molecule has 0 bridgehead atoms. The lowest BCUT2D eigenvalue weighted by molar-refractivity contribution is 0.423. The van der Waals surface area contributed by atoms with Crippen LogP contribution in [0.15, 0.2) is 33.9 Å². The zero-order valence-electron chi connectivity index (χ0n) is 10.2. The van der Waals surface area contributed by atoms with E-state index in [0.717, 1.165) is 10.1 Å². The topological polar surface area (TPSA) is 75.1 Å². The molecule has 0 spiro atoms. The Balaban J connectivity index is 2.80. The fraction of sp³-hybridized carbons (Fsp3) is 0.231. The summed E-state index contributed by atoms with van der Waals surface area (Å²) in [6.07, 6.45) is 0.354. The molecule has 2 rings (SSSR count). The van der Waals surface area contributed by atoms with E-state index < -0.39 is 11.2 Å². The molecule has 0 amide bonds. The van der Waals surface area contributed by atoms with Crippen LogP contribution in [0.25, 0.3) is 5.69 Å². The summed E-state index contributed by atoms with van der Waals surface area (Å²) in [5, 5.41) is 10.0. The lowest BCUT2D eigenvalue weighted by Gasteiger charge is -2.10. The molecule has 18 heavy (non-hydrogen) atoms. The van der Waals surface area contributed by atoms with Crippen LogP contribution in [0.1, 0.15) is 18.1 Å². The zero-order chi connectivity index (χ0) is 13.3. The minimum Gasteiger partial charge on any atom is -0.494 e. The van der Waals surface area contributed by atoms with Gasteiger partial charge in [-0.05, 0) is 31.0 Å². The van der Waals surface area contributed by atoms with E-state index in [1.807, 2.05) is 13.0 Å². The molecule has 1 aromatic heterocycles. The van der Waals surface area contributed by atoms with Crippen LogP contribution in [-0.4, -0.2) is 14.7 Å². The van der Waals surface area contributed by atoms with Gasteiger partial charge in [0.05, 0.1) is 11.3 Å². The van der Waals surface area contributed by atoms with E-state index in [9.17, 15) is 14.7 Å². The Labute approximate surface area is 103 Å². The molecule has 0 aliphatic carbocycles. The number of H-pyrrole nitrogens is 1. The first-order valence-electron chi connectivity index (χ1n) is 5.68. The number of hydrogen-bond acceptors (Lipinski definition) is 3. The summed E-state index contributed by atoms with van der Waals surface area (Å²) in [6.45, 7) is 3.63. The molecule has 0 saturated heterocycles. The third kappa shape index (κ3) is 1.95. The van der Waals surface area contributed by atoms with Crippen molar-refractivity contribution in [2.24, 2.45) is 0 Å². The highest BCUT2D eigenvalue weighted by Gasteiger charge is 2.13. The van der Waals surface area contributed by atoms with E-state index in [1.54, 1.807) is 25.1 Å². The van der Waals surface area contributed by atoms with Crippen LogP contribution in [0.5, 0.6) is 5.88 Å². The maximum Gasteiger partial charge on any atom is 0.335 e. The quantitative estimate of drug-likeness (QED) is 0.833. The van der Waals surface area contributed by atoms with Gasteiger partial charge in [0.1, 0.15) is 0 Å². The largest absolute Gasteiger partial charge is 0.494 e. The predicted octanol–water partition coefficient (Wildman–Crippen LogP) is 1.10. The van der Waals surface area contributed by atoms with E-state index in [4.69, 9.17) is 0 Å². The van der Waals surface area contributed by atoms with Gasteiger partial charge in [-0.3, -0.25) is 9.78 Å².